The number of pyridine rings is 2. The van der Waals surface area contributed by atoms with Crippen LogP contribution >= 0.6 is 0 Å². The van der Waals surface area contributed by atoms with Gasteiger partial charge in [-0.15, -0.1) is 0 Å². The number of hydrogen-bond acceptors (Lipinski definition) is 4. The van der Waals surface area contributed by atoms with E-state index in [4.69, 9.17) is 4.74 Å². The zero-order chi connectivity index (χ0) is 16.2. The summed E-state index contributed by atoms with van der Waals surface area (Å²) in [4.78, 5) is 19.5. The Morgan fingerprint density at radius 2 is 2.04 bits per heavy atom. The fraction of sp³-hybridized carbons (Fsp3) is 0.105. The van der Waals surface area contributed by atoms with Gasteiger partial charge in [0.25, 0.3) is 0 Å². The van der Waals surface area contributed by atoms with Gasteiger partial charge in [0.2, 0.25) is 0 Å². The standard InChI is InChI=1S/C19H16N2O2/c1-13(23-2)18-6-4-17-9-14(3-5-19(17)21-18)7-15-8-16(12-22)11-20-10-15/h3-6,8-12H,1,7H2,2H3. The van der Waals surface area contributed by atoms with Gasteiger partial charge < -0.3 is 4.74 Å². The van der Waals surface area contributed by atoms with Gasteiger partial charge in [-0.1, -0.05) is 18.7 Å². The minimum Gasteiger partial charge on any atom is -0.495 e. The van der Waals surface area contributed by atoms with Crippen molar-refractivity contribution in [3.8, 4) is 0 Å². The van der Waals surface area contributed by atoms with Crippen LogP contribution in [0.3, 0.4) is 0 Å². The Morgan fingerprint density at radius 3 is 2.83 bits per heavy atom. The summed E-state index contributed by atoms with van der Waals surface area (Å²) in [6.45, 7) is 3.82. The molecule has 23 heavy (non-hydrogen) atoms. The van der Waals surface area contributed by atoms with Crippen molar-refractivity contribution in [2.24, 2.45) is 0 Å². The first kappa shape index (κ1) is 14.9. The van der Waals surface area contributed by atoms with E-state index in [2.05, 4.69) is 22.6 Å². The van der Waals surface area contributed by atoms with E-state index in [1.54, 1.807) is 19.5 Å². The Kier molecular flexibility index (Phi) is 4.15. The Morgan fingerprint density at radius 1 is 1.17 bits per heavy atom. The van der Waals surface area contributed by atoms with Crippen LogP contribution in [0.4, 0.5) is 0 Å². The molecule has 0 aliphatic carbocycles. The highest BCUT2D eigenvalue weighted by molar-refractivity contribution is 5.81. The summed E-state index contributed by atoms with van der Waals surface area (Å²) in [5.74, 6) is 0.549. The highest BCUT2D eigenvalue weighted by atomic mass is 16.5. The smallest absolute Gasteiger partial charge is 0.151 e. The first-order valence-electron chi connectivity index (χ1n) is 7.21. The van der Waals surface area contributed by atoms with Crippen LogP contribution in [-0.4, -0.2) is 23.4 Å². The SMILES string of the molecule is C=C(OC)c1ccc2cc(Cc3cncc(C=O)c3)ccc2n1. The third-order valence-corrected chi connectivity index (χ3v) is 3.65. The van der Waals surface area contributed by atoms with Gasteiger partial charge in [0.15, 0.2) is 6.29 Å². The van der Waals surface area contributed by atoms with Crippen molar-refractivity contribution < 1.29 is 9.53 Å². The molecule has 0 spiro atoms. The topological polar surface area (TPSA) is 52.1 Å². The predicted molar refractivity (Wildman–Crippen MR) is 90.2 cm³/mol. The Balaban J connectivity index is 1.90. The van der Waals surface area contributed by atoms with E-state index < -0.39 is 0 Å². The molecule has 0 aliphatic rings. The molecule has 0 radical (unpaired) electrons. The fourth-order valence-corrected chi connectivity index (χ4v) is 2.45. The Bertz CT molecular complexity index is 887. The Labute approximate surface area is 134 Å². The third kappa shape index (κ3) is 3.26. The molecule has 0 amide bonds. The van der Waals surface area contributed by atoms with Gasteiger partial charge in [-0.05, 0) is 41.8 Å². The molecule has 2 heterocycles. The fourth-order valence-electron chi connectivity index (χ4n) is 2.45. The number of carbonyl (C=O) groups is 1. The molecule has 0 aliphatic heterocycles. The molecule has 0 N–H and O–H groups in total. The molecule has 4 nitrogen and oxygen atoms in total. The largest absolute Gasteiger partial charge is 0.495 e. The number of benzene rings is 1. The number of hydrogen-bond donors (Lipinski definition) is 0. The summed E-state index contributed by atoms with van der Waals surface area (Å²) < 4.78 is 5.12. The molecule has 4 heteroatoms. The number of nitrogens with zero attached hydrogens (tertiary/aromatic N) is 2. The predicted octanol–water partition coefficient (Wildman–Crippen LogP) is 3.65. The highest BCUT2D eigenvalue weighted by Crippen LogP contribution is 2.20. The van der Waals surface area contributed by atoms with Crippen LogP contribution in [0.5, 0.6) is 0 Å². The molecule has 114 valence electrons. The van der Waals surface area contributed by atoms with Crippen LogP contribution in [0.1, 0.15) is 27.2 Å². The number of fused-ring (bicyclic) bond motifs is 1. The second kappa shape index (κ2) is 6.40. The highest BCUT2D eigenvalue weighted by Gasteiger charge is 2.04. The summed E-state index contributed by atoms with van der Waals surface area (Å²) >= 11 is 0. The van der Waals surface area contributed by atoms with Gasteiger partial charge in [0, 0.05) is 23.3 Å². The molecule has 3 rings (SSSR count). The van der Waals surface area contributed by atoms with Gasteiger partial charge in [-0.2, -0.15) is 0 Å². The lowest BCUT2D eigenvalue weighted by Gasteiger charge is -2.07. The number of carbonyl (C=O) groups excluding carboxylic acids is 1. The maximum absolute atomic E-state index is 10.8. The van der Waals surface area contributed by atoms with Crippen molar-refractivity contribution in [2.45, 2.75) is 6.42 Å². The third-order valence-electron chi connectivity index (χ3n) is 3.65. The number of aldehydes is 1. The maximum Gasteiger partial charge on any atom is 0.151 e. The number of rotatable bonds is 5. The van der Waals surface area contributed by atoms with Gasteiger partial charge in [-0.25, -0.2) is 4.98 Å². The molecule has 1 aromatic carbocycles. The van der Waals surface area contributed by atoms with E-state index in [0.717, 1.165) is 40.4 Å². The lowest BCUT2D eigenvalue weighted by molar-refractivity contribution is 0.112. The van der Waals surface area contributed by atoms with Crippen molar-refractivity contribution in [3.05, 3.63) is 77.8 Å². The van der Waals surface area contributed by atoms with Gasteiger partial charge in [0.1, 0.15) is 11.5 Å². The maximum atomic E-state index is 10.8. The zero-order valence-corrected chi connectivity index (χ0v) is 12.8. The van der Waals surface area contributed by atoms with Crippen LogP contribution in [0, 0.1) is 0 Å². The van der Waals surface area contributed by atoms with Crippen molar-refractivity contribution >= 4 is 22.9 Å². The van der Waals surface area contributed by atoms with E-state index in [1.807, 2.05) is 30.3 Å². The molecule has 0 bridgehead atoms. The first-order valence-corrected chi connectivity index (χ1v) is 7.21. The minimum absolute atomic E-state index is 0.549. The van der Waals surface area contributed by atoms with Crippen LogP contribution < -0.4 is 0 Å². The summed E-state index contributed by atoms with van der Waals surface area (Å²) in [5.41, 5.74) is 4.36. The Hall–Kier alpha value is -3.01. The van der Waals surface area contributed by atoms with E-state index >= 15 is 0 Å². The normalized spacial score (nSPS) is 10.5. The molecule has 0 atom stereocenters. The lowest BCUT2D eigenvalue weighted by atomic mass is 10.0. The summed E-state index contributed by atoms with van der Waals surface area (Å²) in [6, 6.07) is 11.9. The van der Waals surface area contributed by atoms with E-state index in [0.29, 0.717) is 11.3 Å². The monoisotopic (exact) mass is 304 g/mol. The summed E-state index contributed by atoms with van der Waals surface area (Å²) in [6.07, 6.45) is 4.87. The number of aromatic nitrogens is 2. The average molecular weight is 304 g/mol. The van der Waals surface area contributed by atoms with Crippen LogP contribution in [-0.2, 0) is 11.2 Å². The molecule has 0 fully saturated rings. The number of ether oxygens (including phenoxy) is 1. The zero-order valence-electron chi connectivity index (χ0n) is 12.8. The molecular weight excluding hydrogens is 288 g/mol. The minimum atomic E-state index is 0.549. The molecule has 0 unspecified atom stereocenters. The van der Waals surface area contributed by atoms with Crippen LogP contribution in [0.15, 0.2) is 55.4 Å². The van der Waals surface area contributed by atoms with E-state index in [-0.39, 0.29) is 0 Å². The van der Waals surface area contributed by atoms with E-state index in [9.17, 15) is 4.79 Å². The molecule has 0 saturated carbocycles. The van der Waals surface area contributed by atoms with Crippen molar-refractivity contribution in [3.63, 3.8) is 0 Å². The van der Waals surface area contributed by atoms with Crippen LogP contribution in [0.25, 0.3) is 16.7 Å². The van der Waals surface area contributed by atoms with Crippen molar-refractivity contribution in [2.75, 3.05) is 7.11 Å². The van der Waals surface area contributed by atoms with Crippen LogP contribution in [0.2, 0.25) is 0 Å². The summed E-state index contributed by atoms with van der Waals surface area (Å²) in [7, 11) is 1.58. The molecule has 3 aromatic rings. The van der Waals surface area contributed by atoms with Gasteiger partial charge >= 0.3 is 0 Å². The molecule has 0 saturated heterocycles. The lowest BCUT2D eigenvalue weighted by Crippen LogP contribution is -1.94. The first-order chi connectivity index (χ1) is 11.2. The van der Waals surface area contributed by atoms with Gasteiger partial charge in [0.05, 0.1) is 12.6 Å². The molecular formula is C19H16N2O2. The van der Waals surface area contributed by atoms with Crippen molar-refractivity contribution in [1.82, 2.24) is 9.97 Å². The molecule has 2 aromatic heterocycles. The second-order valence-electron chi connectivity index (χ2n) is 5.27. The number of methoxy groups -OCH3 is 1. The summed E-state index contributed by atoms with van der Waals surface area (Å²) in [5, 5.41) is 1.05. The average Bonchev–Trinajstić information content (AvgIpc) is 2.60. The van der Waals surface area contributed by atoms with Gasteiger partial charge in [-0.3, -0.25) is 9.78 Å². The van der Waals surface area contributed by atoms with E-state index in [1.165, 1.54) is 0 Å². The second-order valence-corrected chi connectivity index (χ2v) is 5.27. The van der Waals surface area contributed by atoms with Crippen molar-refractivity contribution in [1.29, 1.82) is 0 Å². The quantitative estimate of drug-likeness (QED) is 0.533.